The predicted octanol–water partition coefficient (Wildman–Crippen LogP) is 3.65. The van der Waals surface area contributed by atoms with Gasteiger partial charge < -0.3 is 15.0 Å². The summed E-state index contributed by atoms with van der Waals surface area (Å²) >= 11 is 6.27. The van der Waals surface area contributed by atoms with Gasteiger partial charge in [-0.15, -0.1) is 0 Å². The molecular weight excluding hydrogens is 316 g/mol. The van der Waals surface area contributed by atoms with Gasteiger partial charge in [-0.2, -0.15) is 0 Å². The molecule has 2 amide bonds. The molecule has 0 unspecified atom stereocenters. The first kappa shape index (κ1) is 17.3. The molecule has 1 aliphatic rings. The lowest BCUT2D eigenvalue weighted by Crippen LogP contribution is -2.47. The van der Waals surface area contributed by atoms with Gasteiger partial charge in [-0.05, 0) is 25.0 Å². The van der Waals surface area contributed by atoms with Crippen molar-refractivity contribution in [2.75, 3.05) is 13.7 Å². The number of nitrogens with zero attached hydrogens (tertiary/aromatic N) is 1. The Bertz CT molecular complexity index is 642. The summed E-state index contributed by atoms with van der Waals surface area (Å²) in [5.74, 6) is -0.423. The number of ether oxygens (including phenoxy) is 1. The number of amides is 2. The highest BCUT2D eigenvalue weighted by atomic mass is 35.5. The summed E-state index contributed by atoms with van der Waals surface area (Å²) in [6.07, 6.45) is 1.42. The minimum atomic E-state index is -0.604. The minimum Gasteiger partial charge on any atom is -0.463 e. The summed E-state index contributed by atoms with van der Waals surface area (Å²) in [5.41, 5.74) is 1.82. The molecule has 2 rings (SSSR count). The lowest BCUT2D eigenvalue weighted by Gasteiger charge is -2.35. The van der Waals surface area contributed by atoms with Crippen LogP contribution in [0.3, 0.4) is 0 Å². The number of carbonyl (C=O) groups excluding carboxylic acids is 2. The first-order chi connectivity index (χ1) is 11.0. The maximum Gasteiger partial charge on any atom is 0.338 e. The Hall–Kier alpha value is -2.01. The lowest BCUT2D eigenvalue weighted by atomic mass is 9.93. The van der Waals surface area contributed by atoms with Crippen LogP contribution in [0, 0.1) is 0 Å². The summed E-state index contributed by atoms with van der Waals surface area (Å²) in [6.45, 7) is 4.03. The SMILES string of the molecule is CCCC1=C(C(=O)OCC)[C@@H](c2ccccc2Cl)NC(=O)N1C. The normalized spacial score (nSPS) is 18.0. The zero-order valence-corrected chi connectivity index (χ0v) is 14.3. The van der Waals surface area contributed by atoms with Crippen LogP contribution in [0.15, 0.2) is 35.5 Å². The van der Waals surface area contributed by atoms with Crippen molar-refractivity contribution in [3.05, 3.63) is 46.1 Å². The standard InChI is InChI=1S/C17H21ClN2O3/c1-4-8-13-14(16(21)23-5-2)15(19-17(22)20(13)3)11-9-6-7-10-12(11)18/h6-7,9-10,15H,4-5,8H2,1-3H3,(H,19,22)/t15-/m1/s1. The number of esters is 1. The summed E-state index contributed by atoms with van der Waals surface area (Å²) in [7, 11) is 1.66. The van der Waals surface area contributed by atoms with Crippen LogP contribution in [0.2, 0.25) is 5.02 Å². The topological polar surface area (TPSA) is 58.6 Å². The van der Waals surface area contributed by atoms with E-state index in [-0.39, 0.29) is 12.6 Å². The predicted molar refractivity (Wildman–Crippen MR) is 89.1 cm³/mol. The molecule has 124 valence electrons. The summed E-state index contributed by atoms with van der Waals surface area (Å²) < 4.78 is 5.22. The Kier molecular flexibility index (Phi) is 5.66. The van der Waals surface area contributed by atoms with Gasteiger partial charge in [-0.25, -0.2) is 9.59 Å². The molecule has 0 bridgehead atoms. The number of benzene rings is 1. The number of rotatable bonds is 5. The summed E-state index contributed by atoms with van der Waals surface area (Å²) in [6, 6.07) is 6.32. The van der Waals surface area contributed by atoms with Crippen molar-refractivity contribution in [1.29, 1.82) is 0 Å². The Morgan fingerprint density at radius 3 is 2.65 bits per heavy atom. The molecule has 0 fully saturated rings. The Morgan fingerprint density at radius 2 is 2.04 bits per heavy atom. The number of halogens is 1. The Balaban J connectivity index is 2.60. The van der Waals surface area contributed by atoms with Crippen LogP contribution in [0.25, 0.3) is 0 Å². The summed E-state index contributed by atoms with van der Waals surface area (Å²) in [4.78, 5) is 26.3. The molecule has 1 atom stereocenters. The van der Waals surface area contributed by atoms with E-state index in [4.69, 9.17) is 16.3 Å². The van der Waals surface area contributed by atoms with E-state index in [1.807, 2.05) is 19.1 Å². The van der Waals surface area contributed by atoms with Crippen molar-refractivity contribution in [2.45, 2.75) is 32.7 Å². The van der Waals surface area contributed by atoms with Crippen molar-refractivity contribution < 1.29 is 14.3 Å². The second-order valence-corrected chi connectivity index (χ2v) is 5.70. The fourth-order valence-electron chi connectivity index (χ4n) is 2.69. The molecule has 5 nitrogen and oxygen atoms in total. The number of nitrogens with one attached hydrogen (secondary N) is 1. The van der Waals surface area contributed by atoms with Gasteiger partial charge in [0.15, 0.2) is 0 Å². The van der Waals surface area contributed by atoms with E-state index in [2.05, 4.69) is 5.32 Å². The monoisotopic (exact) mass is 336 g/mol. The van der Waals surface area contributed by atoms with Crippen LogP contribution in [0.5, 0.6) is 0 Å². The Morgan fingerprint density at radius 1 is 1.35 bits per heavy atom. The number of allylic oxidation sites excluding steroid dienone is 1. The molecule has 1 aromatic rings. The molecule has 0 spiro atoms. The molecule has 1 aliphatic heterocycles. The van der Waals surface area contributed by atoms with Crippen LogP contribution in [-0.2, 0) is 9.53 Å². The maximum atomic E-state index is 12.5. The highest BCUT2D eigenvalue weighted by molar-refractivity contribution is 6.31. The van der Waals surface area contributed by atoms with Gasteiger partial charge in [0.2, 0.25) is 0 Å². The highest BCUT2D eigenvalue weighted by Gasteiger charge is 2.36. The second kappa shape index (κ2) is 7.51. The van der Waals surface area contributed by atoms with Gasteiger partial charge in [0.25, 0.3) is 0 Å². The highest BCUT2D eigenvalue weighted by Crippen LogP contribution is 2.35. The van der Waals surface area contributed by atoms with E-state index in [9.17, 15) is 9.59 Å². The van der Waals surface area contributed by atoms with Crippen molar-refractivity contribution in [3.63, 3.8) is 0 Å². The van der Waals surface area contributed by atoms with Gasteiger partial charge in [0.1, 0.15) is 0 Å². The van der Waals surface area contributed by atoms with Gasteiger partial charge in [-0.3, -0.25) is 0 Å². The molecular formula is C17H21ClN2O3. The van der Waals surface area contributed by atoms with Crippen molar-refractivity contribution in [3.8, 4) is 0 Å². The molecule has 0 saturated heterocycles. The zero-order chi connectivity index (χ0) is 17.0. The molecule has 0 saturated carbocycles. The molecule has 0 radical (unpaired) electrons. The number of hydrogen-bond acceptors (Lipinski definition) is 3. The molecule has 0 aromatic heterocycles. The van der Waals surface area contributed by atoms with Crippen molar-refractivity contribution in [1.82, 2.24) is 10.2 Å². The zero-order valence-electron chi connectivity index (χ0n) is 13.6. The van der Waals surface area contributed by atoms with E-state index in [0.717, 1.165) is 6.42 Å². The van der Waals surface area contributed by atoms with E-state index in [1.54, 1.807) is 26.1 Å². The van der Waals surface area contributed by atoms with Crippen molar-refractivity contribution >= 4 is 23.6 Å². The molecule has 6 heteroatoms. The third kappa shape index (κ3) is 3.50. The quantitative estimate of drug-likeness (QED) is 0.835. The fraction of sp³-hybridized carbons (Fsp3) is 0.412. The van der Waals surface area contributed by atoms with Crippen LogP contribution in [-0.4, -0.2) is 30.6 Å². The van der Waals surface area contributed by atoms with Crippen LogP contribution >= 0.6 is 11.6 Å². The smallest absolute Gasteiger partial charge is 0.338 e. The first-order valence-electron chi connectivity index (χ1n) is 7.70. The molecule has 1 heterocycles. The number of carbonyl (C=O) groups is 2. The van der Waals surface area contributed by atoms with E-state index in [1.165, 1.54) is 4.90 Å². The Labute approximate surface area is 141 Å². The summed E-state index contributed by atoms with van der Waals surface area (Å²) in [5, 5.41) is 3.34. The van der Waals surface area contributed by atoms with Gasteiger partial charge in [0, 0.05) is 17.8 Å². The van der Waals surface area contributed by atoms with Gasteiger partial charge in [0.05, 0.1) is 18.2 Å². The van der Waals surface area contributed by atoms with Crippen molar-refractivity contribution in [2.24, 2.45) is 0 Å². The van der Waals surface area contributed by atoms with Gasteiger partial charge >= 0.3 is 12.0 Å². The second-order valence-electron chi connectivity index (χ2n) is 5.29. The average molecular weight is 337 g/mol. The van der Waals surface area contributed by atoms with E-state index in [0.29, 0.717) is 28.3 Å². The third-order valence-corrected chi connectivity index (χ3v) is 4.12. The van der Waals surface area contributed by atoms with Crippen LogP contribution < -0.4 is 5.32 Å². The van der Waals surface area contributed by atoms with E-state index >= 15 is 0 Å². The largest absolute Gasteiger partial charge is 0.463 e. The van der Waals surface area contributed by atoms with Gasteiger partial charge in [-0.1, -0.05) is 43.1 Å². The fourth-order valence-corrected chi connectivity index (χ4v) is 2.93. The van der Waals surface area contributed by atoms with Crippen LogP contribution in [0.1, 0.15) is 38.3 Å². The molecule has 1 N–H and O–H groups in total. The van der Waals surface area contributed by atoms with E-state index < -0.39 is 12.0 Å². The average Bonchev–Trinajstić information content (AvgIpc) is 2.52. The molecule has 1 aromatic carbocycles. The minimum absolute atomic E-state index is 0.258. The van der Waals surface area contributed by atoms with Crippen LogP contribution in [0.4, 0.5) is 4.79 Å². The number of urea groups is 1. The molecule has 23 heavy (non-hydrogen) atoms. The third-order valence-electron chi connectivity index (χ3n) is 3.78. The maximum absolute atomic E-state index is 12.5. The number of hydrogen-bond donors (Lipinski definition) is 1. The molecule has 0 aliphatic carbocycles. The lowest BCUT2D eigenvalue weighted by molar-refractivity contribution is -0.139. The first-order valence-corrected chi connectivity index (χ1v) is 8.07.